The van der Waals surface area contributed by atoms with E-state index in [4.69, 9.17) is 4.74 Å². The molecule has 2 aromatic carbocycles. The van der Waals surface area contributed by atoms with Crippen LogP contribution in [0.4, 0.5) is 11.4 Å². The standard InChI is InChI=1S/C20H24N2O2/c1-4-24-19(23)16-9-7-8-15(12-16)13-22-14-20(2,3)21-17-10-5-6-11-18(17)22/h5-12,21H,4,13-14H2,1-3H3. The Morgan fingerprint density at radius 1 is 1.21 bits per heavy atom. The van der Waals surface area contributed by atoms with Gasteiger partial charge in [-0.3, -0.25) is 0 Å². The van der Waals surface area contributed by atoms with Crippen molar-refractivity contribution in [1.82, 2.24) is 0 Å². The Labute approximate surface area is 143 Å². The van der Waals surface area contributed by atoms with Crippen molar-refractivity contribution in [3.05, 3.63) is 59.7 Å². The van der Waals surface area contributed by atoms with Crippen molar-refractivity contribution >= 4 is 17.3 Å². The lowest BCUT2D eigenvalue weighted by Gasteiger charge is -2.42. The van der Waals surface area contributed by atoms with Gasteiger partial charge in [-0.2, -0.15) is 0 Å². The molecule has 0 aliphatic carbocycles. The molecule has 0 fully saturated rings. The first-order chi connectivity index (χ1) is 11.5. The fourth-order valence-corrected chi connectivity index (χ4v) is 3.19. The molecule has 0 spiro atoms. The summed E-state index contributed by atoms with van der Waals surface area (Å²) in [4.78, 5) is 14.3. The number of para-hydroxylation sites is 2. The molecule has 0 saturated carbocycles. The van der Waals surface area contributed by atoms with Crippen molar-refractivity contribution in [3.8, 4) is 0 Å². The molecule has 1 N–H and O–H groups in total. The summed E-state index contributed by atoms with van der Waals surface area (Å²) in [6.45, 7) is 8.27. The minimum absolute atomic E-state index is 0.00684. The van der Waals surface area contributed by atoms with Gasteiger partial charge in [-0.15, -0.1) is 0 Å². The Morgan fingerprint density at radius 2 is 2.00 bits per heavy atom. The third-order valence-electron chi connectivity index (χ3n) is 4.12. The Hall–Kier alpha value is -2.49. The number of anilines is 2. The van der Waals surface area contributed by atoms with Crippen molar-refractivity contribution in [2.24, 2.45) is 0 Å². The lowest BCUT2D eigenvalue weighted by molar-refractivity contribution is 0.0526. The van der Waals surface area contributed by atoms with Gasteiger partial charge >= 0.3 is 5.97 Å². The summed E-state index contributed by atoms with van der Waals surface area (Å²) in [6, 6.07) is 16.0. The molecule has 0 bridgehead atoms. The Balaban J connectivity index is 1.86. The van der Waals surface area contributed by atoms with E-state index in [1.807, 2.05) is 25.1 Å². The maximum atomic E-state index is 11.9. The van der Waals surface area contributed by atoms with Crippen LogP contribution in [0.15, 0.2) is 48.5 Å². The van der Waals surface area contributed by atoms with Gasteiger partial charge in [0.25, 0.3) is 0 Å². The quantitative estimate of drug-likeness (QED) is 0.861. The summed E-state index contributed by atoms with van der Waals surface area (Å²) in [5.74, 6) is -0.264. The number of carbonyl (C=O) groups is 1. The van der Waals surface area contributed by atoms with Crippen LogP contribution in [0.1, 0.15) is 36.7 Å². The van der Waals surface area contributed by atoms with Crippen LogP contribution >= 0.6 is 0 Å². The highest BCUT2D eigenvalue weighted by molar-refractivity contribution is 5.89. The molecule has 0 saturated heterocycles. The van der Waals surface area contributed by atoms with Crippen LogP contribution in [-0.2, 0) is 11.3 Å². The summed E-state index contributed by atoms with van der Waals surface area (Å²) >= 11 is 0. The number of hydrogen-bond acceptors (Lipinski definition) is 4. The van der Waals surface area contributed by atoms with E-state index in [-0.39, 0.29) is 11.5 Å². The molecular weight excluding hydrogens is 300 g/mol. The second kappa shape index (κ2) is 6.56. The third kappa shape index (κ3) is 3.53. The first kappa shape index (κ1) is 16.4. The number of rotatable bonds is 4. The molecule has 0 unspecified atom stereocenters. The van der Waals surface area contributed by atoms with Gasteiger partial charge in [0, 0.05) is 18.6 Å². The zero-order valence-electron chi connectivity index (χ0n) is 14.5. The maximum absolute atomic E-state index is 11.9. The molecule has 1 heterocycles. The van der Waals surface area contributed by atoms with Crippen LogP contribution in [0.5, 0.6) is 0 Å². The summed E-state index contributed by atoms with van der Waals surface area (Å²) in [6.07, 6.45) is 0. The first-order valence-corrected chi connectivity index (χ1v) is 8.37. The predicted molar refractivity (Wildman–Crippen MR) is 97.6 cm³/mol. The molecule has 4 nitrogen and oxygen atoms in total. The van der Waals surface area contributed by atoms with Gasteiger partial charge in [-0.1, -0.05) is 24.3 Å². The fourth-order valence-electron chi connectivity index (χ4n) is 3.19. The van der Waals surface area contributed by atoms with E-state index in [0.717, 1.165) is 24.3 Å². The van der Waals surface area contributed by atoms with Crippen molar-refractivity contribution in [3.63, 3.8) is 0 Å². The summed E-state index contributed by atoms with van der Waals surface area (Å²) < 4.78 is 5.10. The highest BCUT2D eigenvalue weighted by Gasteiger charge is 2.29. The van der Waals surface area contributed by atoms with Crippen molar-refractivity contribution in [2.45, 2.75) is 32.9 Å². The van der Waals surface area contributed by atoms with Crippen LogP contribution in [-0.4, -0.2) is 24.7 Å². The lowest BCUT2D eigenvalue weighted by atomic mass is 9.98. The number of hydrogen-bond donors (Lipinski definition) is 1. The average Bonchev–Trinajstić information content (AvgIpc) is 2.54. The van der Waals surface area contributed by atoms with Crippen molar-refractivity contribution in [2.75, 3.05) is 23.4 Å². The third-order valence-corrected chi connectivity index (χ3v) is 4.12. The highest BCUT2D eigenvalue weighted by atomic mass is 16.5. The number of carbonyl (C=O) groups excluding carboxylic acids is 1. The van der Waals surface area contributed by atoms with E-state index in [9.17, 15) is 4.79 Å². The monoisotopic (exact) mass is 324 g/mol. The number of fused-ring (bicyclic) bond motifs is 1. The molecule has 0 aromatic heterocycles. The molecule has 24 heavy (non-hydrogen) atoms. The van der Waals surface area contributed by atoms with Crippen LogP contribution in [0.2, 0.25) is 0 Å². The van der Waals surface area contributed by atoms with Crippen LogP contribution in [0.3, 0.4) is 0 Å². The van der Waals surface area contributed by atoms with Gasteiger partial charge in [0.2, 0.25) is 0 Å². The maximum Gasteiger partial charge on any atom is 0.338 e. The second-order valence-corrected chi connectivity index (χ2v) is 6.80. The van der Waals surface area contributed by atoms with Gasteiger partial charge < -0.3 is 15.0 Å². The van der Waals surface area contributed by atoms with Gasteiger partial charge in [-0.25, -0.2) is 4.79 Å². The Bertz CT molecular complexity index is 740. The first-order valence-electron chi connectivity index (χ1n) is 8.37. The topological polar surface area (TPSA) is 41.6 Å². The molecular formula is C20H24N2O2. The van der Waals surface area contributed by atoms with Gasteiger partial charge in [-0.05, 0) is 50.6 Å². The van der Waals surface area contributed by atoms with Crippen LogP contribution < -0.4 is 10.2 Å². The molecule has 0 atom stereocenters. The summed E-state index contributed by atoms with van der Waals surface area (Å²) in [5.41, 5.74) is 4.05. The molecule has 126 valence electrons. The zero-order valence-corrected chi connectivity index (χ0v) is 14.5. The number of benzene rings is 2. The predicted octanol–water partition coefficient (Wildman–Crippen LogP) is 4.07. The minimum atomic E-state index is -0.264. The Morgan fingerprint density at radius 3 is 2.79 bits per heavy atom. The highest BCUT2D eigenvalue weighted by Crippen LogP contribution is 2.35. The van der Waals surface area contributed by atoms with Gasteiger partial charge in [0.05, 0.1) is 23.5 Å². The van der Waals surface area contributed by atoms with Gasteiger partial charge in [0.1, 0.15) is 0 Å². The van der Waals surface area contributed by atoms with E-state index in [0.29, 0.717) is 12.2 Å². The normalized spacial score (nSPS) is 15.4. The second-order valence-electron chi connectivity index (χ2n) is 6.80. The fraction of sp³-hybridized carbons (Fsp3) is 0.350. The van der Waals surface area contributed by atoms with Crippen molar-refractivity contribution in [1.29, 1.82) is 0 Å². The van der Waals surface area contributed by atoms with Crippen LogP contribution in [0.25, 0.3) is 0 Å². The average molecular weight is 324 g/mol. The Kier molecular flexibility index (Phi) is 4.47. The smallest absolute Gasteiger partial charge is 0.338 e. The zero-order chi connectivity index (χ0) is 17.2. The molecule has 0 radical (unpaired) electrons. The van der Waals surface area contributed by atoms with E-state index < -0.39 is 0 Å². The van der Waals surface area contributed by atoms with E-state index in [1.165, 1.54) is 5.69 Å². The van der Waals surface area contributed by atoms with Gasteiger partial charge in [0.15, 0.2) is 0 Å². The lowest BCUT2D eigenvalue weighted by Crippen LogP contribution is -2.48. The minimum Gasteiger partial charge on any atom is -0.462 e. The molecule has 3 rings (SSSR count). The molecule has 1 aliphatic rings. The molecule has 4 heteroatoms. The number of nitrogens with one attached hydrogen (secondary N) is 1. The molecule has 2 aromatic rings. The summed E-state index contributed by atoms with van der Waals surface area (Å²) in [5, 5.41) is 3.58. The van der Waals surface area contributed by atoms with E-state index in [2.05, 4.69) is 48.3 Å². The van der Waals surface area contributed by atoms with Crippen LogP contribution in [0, 0.1) is 0 Å². The SMILES string of the molecule is CCOC(=O)c1cccc(CN2CC(C)(C)Nc3ccccc32)c1. The summed E-state index contributed by atoms with van der Waals surface area (Å²) in [7, 11) is 0. The largest absolute Gasteiger partial charge is 0.462 e. The van der Waals surface area contributed by atoms with Crippen molar-refractivity contribution < 1.29 is 9.53 Å². The molecule has 0 amide bonds. The van der Waals surface area contributed by atoms with E-state index in [1.54, 1.807) is 6.07 Å². The van der Waals surface area contributed by atoms with E-state index >= 15 is 0 Å². The number of esters is 1. The molecule has 1 aliphatic heterocycles. The number of nitrogens with zero attached hydrogens (tertiary/aromatic N) is 1. The number of ether oxygens (including phenoxy) is 1.